The van der Waals surface area contributed by atoms with E-state index < -0.39 is 12.1 Å². The Morgan fingerprint density at radius 3 is 0.826 bits per heavy atom. The van der Waals surface area contributed by atoms with Crippen molar-refractivity contribution in [2.75, 3.05) is 13.2 Å². The van der Waals surface area contributed by atoms with Crippen LogP contribution in [0.1, 0.15) is 450 Å². The number of hydrogen-bond acceptors (Lipinski definition) is 5. The first-order valence-electron chi connectivity index (χ1n) is 39.6. The molecule has 0 saturated carbocycles. The molecule has 0 aliphatic carbocycles. The molecule has 0 spiro atoms. The Bertz CT molecular complexity index is 1350. The Labute approximate surface area is 539 Å². The number of carbonyl (C=O) groups is 2. The molecular weight excluding hydrogens is 1050 g/mol. The molecule has 0 heterocycles. The molecule has 0 bridgehead atoms. The summed E-state index contributed by atoms with van der Waals surface area (Å²) in [5, 5.41) is 23.5. The van der Waals surface area contributed by atoms with Gasteiger partial charge in [0.15, 0.2) is 0 Å². The molecule has 86 heavy (non-hydrogen) atoms. The molecule has 0 rings (SSSR count). The fourth-order valence-corrected chi connectivity index (χ4v) is 12.7. The van der Waals surface area contributed by atoms with Crippen molar-refractivity contribution in [3.63, 3.8) is 0 Å². The van der Waals surface area contributed by atoms with Crippen molar-refractivity contribution < 1.29 is 24.5 Å². The van der Waals surface area contributed by atoms with Gasteiger partial charge in [0.2, 0.25) is 5.91 Å². The fourth-order valence-electron chi connectivity index (χ4n) is 12.7. The molecule has 2 atom stereocenters. The lowest BCUT2D eigenvalue weighted by molar-refractivity contribution is -0.143. The number of carbonyl (C=O) groups excluding carboxylic acids is 2. The van der Waals surface area contributed by atoms with E-state index in [0.29, 0.717) is 25.9 Å². The van der Waals surface area contributed by atoms with Crippen molar-refractivity contribution in [1.29, 1.82) is 0 Å². The van der Waals surface area contributed by atoms with E-state index >= 15 is 0 Å². The lowest BCUT2D eigenvalue weighted by Crippen LogP contribution is -2.45. The van der Waals surface area contributed by atoms with Crippen molar-refractivity contribution >= 4 is 11.9 Å². The summed E-state index contributed by atoms with van der Waals surface area (Å²) in [4.78, 5) is 24.7. The summed E-state index contributed by atoms with van der Waals surface area (Å²) in [5.74, 6) is -0.0143. The SMILES string of the molecule is CCCCCCCC/C=C\CCCCCCCCCC(=O)OCCCCCCCCCCCCCC/C=C\CCCCCCCCCCCCCCCC(=O)NC(CO)C(O)CCCCCCCCCCCCCCCCCCCCCCCCC. The van der Waals surface area contributed by atoms with Crippen molar-refractivity contribution in [2.45, 2.75) is 463 Å². The van der Waals surface area contributed by atoms with E-state index in [0.717, 1.165) is 44.9 Å². The Kier molecular flexibility index (Phi) is 74.3. The van der Waals surface area contributed by atoms with Crippen LogP contribution in [-0.2, 0) is 14.3 Å². The molecule has 0 aliphatic rings. The molecule has 2 unspecified atom stereocenters. The molecule has 0 aromatic heterocycles. The van der Waals surface area contributed by atoms with Crippen LogP contribution in [0.4, 0.5) is 0 Å². The third-order valence-corrected chi connectivity index (χ3v) is 18.7. The first kappa shape index (κ1) is 84.3. The number of rotatable bonds is 75. The average Bonchev–Trinajstić information content (AvgIpc) is 3.54. The first-order chi connectivity index (χ1) is 42.5. The first-order valence-corrected chi connectivity index (χ1v) is 39.6. The van der Waals surface area contributed by atoms with Crippen LogP contribution in [0.2, 0.25) is 0 Å². The number of esters is 1. The maximum absolute atomic E-state index is 12.6. The lowest BCUT2D eigenvalue weighted by atomic mass is 10.0. The molecular formula is C80H155NO5. The van der Waals surface area contributed by atoms with Gasteiger partial charge in [-0.3, -0.25) is 9.59 Å². The van der Waals surface area contributed by atoms with Gasteiger partial charge >= 0.3 is 5.97 Å². The fraction of sp³-hybridized carbons (Fsp3) is 0.925. The quantitative estimate of drug-likeness (QED) is 0.0320. The molecule has 0 aromatic rings. The van der Waals surface area contributed by atoms with Crippen molar-refractivity contribution in [1.82, 2.24) is 5.32 Å². The van der Waals surface area contributed by atoms with Gasteiger partial charge in [0.25, 0.3) is 0 Å². The highest BCUT2D eigenvalue weighted by Crippen LogP contribution is 2.20. The summed E-state index contributed by atoms with van der Waals surface area (Å²) >= 11 is 0. The molecule has 0 saturated heterocycles. The monoisotopic (exact) mass is 1210 g/mol. The average molecular weight is 1210 g/mol. The van der Waals surface area contributed by atoms with Crippen LogP contribution >= 0.6 is 0 Å². The zero-order valence-electron chi connectivity index (χ0n) is 58.6. The van der Waals surface area contributed by atoms with Crippen molar-refractivity contribution in [2.24, 2.45) is 0 Å². The second-order valence-corrected chi connectivity index (χ2v) is 27.4. The third-order valence-electron chi connectivity index (χ3n) is 18.7. The summed E-state index contributed by atoms with van der Waals surface area (Å²) in [6.45, 7) is 5.00. The summed E-state index contributed by atoms with van der Waals surface area (Å²) in [7, 11) is 0. The van der Waals surface area contributed by atoms with Crippen molar-refractivity contribution in [3.05, 3.63) is 24.3 Å². The van der Waals surface area contributed by atoms with Crippen LogP contribution in [0.15, 0.2) is 24.3 Å². The maximum Gasteiger partial charge on any atom is 0.305 e. The van der Waals surface area contributed by atoms with E-state index in [1.807, 2.05) is 0 Å². The van der Waals surface area contributed by atoms with E-state index in [1.165, 1.54) is 372 Å². The normalized spacial score (nSPS) is 12.6. The summed E-state index contributed by atoms with van der Waals surface area (Å²) in [6, 6.07) is -0.542. The number of unbranched alkanes of at least 4 members (excludes halogenated alkanes) is 60. The van der Waals surface area contributed by atoms with Crippen LogP contribution in [0.5, 0.6) is 0 Å². The number of aliphatic hydroxyl groups is 2. The van der Waals surface area contributed by atoms with Crippen LogP contribution in [0.25, 0.3) is 0 Å². The molecule has 0 aromatic carbocycles. The molecule has 6 nitrogen and oxygen atoms in total. The summed E-state index contributed by atoms with van der Waals surface area (Å²) in [5.41, 5.74) is 0. The number of allylic oxidation sites excluding steroid dienone is 4. The van der Waals surface area contributed by atoms with E-state index in [2.05, 4.69) is 43.5 Å². The van der Waals surface area contributed by atoms with Gasteiger partial charge in [-0.05, 0) is 77.0 Å². The number of hydrogen-bond donors (Lipinski definition) is 3. The standard InChI is InChI=1S/C80H155NO5/c1-3-5-7-9-11-13-15-17-19-21-22-23-31-34-37-41-44-48-52-56-60-64-68-72-78(83)77(76-82)81-79(84)73-69-65-61-57-53-49-45-42-38-35-32-29-27-25-24-26-28-30-33-36-39-43-47-51-55-59-63-67-71-75-86-80(85)74-70-66-62-58-54-50-46-40-20-18-16-14-12-10-8-6-4-2/h18,20,24,26,77-78,82-83H,3-17,19,21-23,25,27-76H2,1-2H3,(H,81,84)/b20-18-,26-24-. The van der Waals surface area contributed by atoms with Gasteiger partial charge < -0.3 is 20.3 Å². The largest absolute Gasteiger partial charge is 0.466 e. The molecule has 1 amide bonds. The van der Waals surface area contributed by atoms with E-state index in [4.69, 9.17) is 4.74 Å². The van der Waals surface area contributed by atoms with Gasteiger partial charge in [0, 0.05) is 12.8 Å². The van der Waals surface area contributed by atoms with Crippen LogP contribution in [-0.4, -0.2) is 47.4 Å². The smallest absolute Gasteiger partial charge is 0.305 e. The minimum atomic E-state index is -0.665. The van der Waals surface area contributed by atoms with E-state index in [9.17, 15) is 19.8 Å². The summed E-state index contributed by atoms with van der Waals surface area (Å²) in [6.07, 6.45) is 96.9. The lowest BCUT2D eigenvalue weighted by Gasteiger charge is -2.22. The Morgan fingerprint density at radius 2 is 0.547 bits per heavy atom. The second-order valence-electron chi connectivity index (χ2n) is 27.4. The van der Waals surface area contributed by atoms with Gasteiger partial charge in [-0.25, -0.2) is 0 Å². The van der Waals surface area contributed by atoms with Gasteiger partial charge in [0.1, 0.15) is 0 Å². The Morgan fingerprint density at radius 1 is 0.314 bits per heavy atom. The molecule has 3 N–H and O–H groups in total. The topological polar surface area (TPSA) is 95.9 Å². The highest BCUT2D eigenvalue weighted by Gasteiger charge is 2.20. The second kappa shape index (κ2) is 75.8. The predicted molar refractivity (Wildman–Crippen MR) is 380 cm³/mol. The van der Waals surface area contributed by atoms with Crippen LogP contribution in [0, 0.1) is 0 Å². The minimum absolute atomic E-state index is 0.0143. The molecule has 0 fully saturated rings. The summed E-state index contributed by atoms with van der Waals surface area (Å²) < 4.78 is 5.51. The number of nitrogens with one attached hydrogen (secondary N) is 1. The van der Waals surface area contributed by atoms with Gasteiger partial charge in [-0.15, -0.1) is 0 Å². The third kappa shape index (κ3) is 71.4. The minimum Gasteiger partial charge on any atom is -0.466 e. The highest BCUT2D eigenvalue weighted by atomic mass is 16.5. The van der Waals surface area contributed by atoms with Crippen molar-refractivity contribution in [3.8, 4) is 0 Å². The van der Waals surface area contributed by atoms with E-state index in [-0.39, 0.29) is 18.5 Å². The molecule has 6 heteroatoms. The number of aliphatic hydroxyl groups excluding tert-OH is 2. The number of amides is 1. The molecule has 510 valence electrons. The van der Waals surface area contributed by atoms with Gasteiger partial charge in [-0.2, -0.15) is 0 Å². The van der Waals surface area contributed by atoms with Crippen LogP contribution in [0.3, 0.4) is 0 Å². The maximum atomic E-state index is 12.6. The Balaban J connectivity index is 3.37. The zero-order valence-corrected chi connectivity index (χ0v) is 58.6. The number of ether oxygens (including phenoxy) is 1. The molecule has 0 aliphatic heterocycles. The predicted octanol–water partition coefficient (Wildman–Crippen LogP) is 26.0. The van der Waals surface area contributed by atoms with E-state index in [1.54, 1.807) is 0 Å². The molecule has 0 radical (unpaired) electrons. The van der Waals surface area contributed by atoms with Crippen LogP contribution < -0.4 is 5.32 Å². The van der Waals surface area contributed by atoms with Gasteiger partial charge in [-0.1, -0.05) is 385 Å². The van der Waals surface area contributed by atoms with Gasteiger partial charge in [0.05, 0.1) is 25.4 Å². The highest BCUT2D eigenvalue weighted by molar-refractivity contribution is 5.76. The zero-order chi connectivity index (χ0) is 62.0. The Hall–Kier alpha value is -1.66.